The predicted molar refractivity (Wildman–Crippen MR) is 105 cm³/mol. The van der Waals surface area contributed by atoms with Crippen LogP contribution in [0, 0.1) is 5.82 Å². The molecule has 1 amide bonds. The molecule has 0 unspecified atom stereocenters. The van der Waals surface area contributed by atoms with E-state index in [0.29, 0.717) is 28.5 Å². The maximum Gasteiger partial charge on any atom is 0.271 e. The van der Waals surface area contributed by atoms with Gasteiger partial charge in [-0.3, -0.25) is 9.89 Å². The summed E-state index contributed by atoms with van der Waals surface area (Å²) in [4.78, 5) is 12.5. The second-order valence-electron chi connectivity index (χ2n) is 5.82. The molecule has 3 aromatic rings. The molecule has 29 heavy (non-hydrogen) atoms. The third-order valence-electron chi connectivity index (χ3n) is 4.10. The number of ether oxygens (including phenoxy) is 3. The minimum Gasteiger partial charge on any atom is -0.493 e. The van der Waals surface area contributed by atoms with Gasteiger partial charge < -0.3 is 14.2 Å². The summed E-state index contributed by atoms with van der Waals surface area (Å²) >= 11 is 0. The van der Waals surface area contributed by atoms with Crippen LogP contribution >= 0.6 is 0 Å². The van der Waals surface area contributed by atoms with Gasteiger partial charge in [0.1, 0.15) is 5.82 Å². The molecule has 0 aliphatic carbocycles. The van der Waals surface area contributed by atoms with E-state index in [1.807, 2.05) is 0 Å². The van der Waals surface area contributed by atoms with Crippen LogP contribution in [-0.4, -0.2) is 43.6 Å². The number of halogens is 1. The Balaban J connectivity index is 1.77. The second kappa shape index (κ2) is 8.87. The summed E-state index contributed by atoms with van der Waals surface area (Å²) in [5, 5.41) is 10.8. The Morgan fingerprint density at radius 3 is 2.34 bits per heavy atom. The summed E-state index contributed by atoms with van der Waals surface area (Å²) in [6.45, 7) is 0. The lowest BCUT2D eigenvalue weighted by Gasteiger charge is -2.13. The first-order valence-electron chi connectivity index (χ1n) is 8.50. The van der Waals surface area contributed by atoms with Gasteiger partial charge in [0.05, 0.1) is 39.4 Å². The van der Waals surface area contributed by atoms with Gasteiger partial charge in [-0.2, -0.15) is 10.2 Å². The highest BCUT2D eigenvalue weighted by atomic mass is 19.1. The number of rotatable bonds is 7. The summed E-state index contributed by atoms with van der Waals surface area (Å²) < 4.78 is 28.8. The van der Waals surface area contributed by atoms with Gasteiger partial charge in [0.2, 0.25) is 5.75 Å². The number of benzene rings is 2. The Morgan fingerprint density at radius 1 is 1.10 bits per heavy atom. The average Bonchev–Trinajstić information content (AvgIpc) is 3.21. The molecule has 150 valence electrons. The highest BCUT2D eigenvalue weighted by Crippen LogP contribution is 2.38. The summed E-state index contributed by atoms with van der Waals surface area (Å²) in [6.07, 6.45) is 2.99. The molecule has 0 spiro atoms. The van der Waals surface area contributed by atoms with Gasteiger partial charge in [0, 0.05) is 16.7 Å². The van der Waals surface area contributed by atoms with Gasteiger partial charge in [0.15, 0.2) is 11.5 Å². The number of methoxy groups -OCH3 is 3. The standard InChI is InChI=1S/C20H19FN4O4/c1-27-16-8-13(9-17(28-2)19(16)29-3)20(26)25-23-11-14-10-22-24-18(14)12-4-6-15(21)7-5-12/h4-11H,1-3H3,(H,22,24)(H,25,26)/b23-11+. The van der Waals surface area contributed by atoms with Gasteiger partial charge in [-0.15, -0.1) is 0 Å². The first-order valence-corrected chi connectivity index (χ1v) is 8.50. The van der Waals surface area contributed by atoms with Crippen molar-refractivity contribution in [3.8, 4) is 28.5 Å². The summed E-state index contributed by atoms with van der Waals surface area (Å²) in [6, 6.07) is 8.98. The monoisotopic (exact) mass is 398 g/mol. The molecule has 1 aromatic heterocycles. The molecule has 0 fully saturated rings. The zero-order valence-electron chi connectivity index (χ0n) is 16.0. The lowest BCUT2D eigenvalue weighted by Crippen LogP contribution is -2.18. The third kappa shape index (κ3) is 4.34. The van der Waals surface area contributed by atoms with Crippen molar-refractivity contribution in [2.45, 2.75) is 0 Å². The largest absolute Gasteiger partial charge is 0.493 e. The molecule has 2 aromatic carbocycles. The number of aromatic amines is 1. The van der Waals surface area contributed by atoms with Crippen LogP contribution in [0.3, 0.4) is 0 Å². The van der Waals surface area contributed by atoms with Crippen LogP contribution in [0.2, 0.25) is 0 Å². The maximum atomic E-state index is 13.1. The van der Waals surface area contributed by atoms with E-state index in [0.717, 1.165) is 5.56 Å². The van der Waals surface area contributed by atoms with Crippen LogP contribution in [0.4, 0.5) is 4.39 Å². The number of carbonyl (C=O) groups is 1. The molecule has 0 atom stereocenters. The number of hydrazone groups is 1. The normalized spacial score (nSPS) is 10.8. The SMILES string of the molecule is COc1cc(C(=O)N/N=C/c2cn[nH]c2-c2ccc(F)cc2)cc(OC)c1OC. The molecule has 0 saturated heterocycles. The minimum atomic E-state index is -0.465. The molecule has 9 heteroatoms. The van der Waals surface area contributed by atoms with Crippen LogP contribution in [-0.2, 0) is 0 Å². The molecule has 8 nitrogen and oxygen atoms in total. The molecule has 0 aliphatic heterocycles. The predicted octanol–water partition coefficient (Wildman–Crippen LogP) is 3.01. The van der Waals surface area contributed by atoms with E-state index in [1.165, 1.54) is 51.8 Å². The Bertz CT molecular complexity index is 1010. The van der Waals surface area contributed by atoms with Gasteiger partial charge in [-0.25, -0.2) is 9.82 Å². The summed E-state index contributed by atoms with van der Waals surface area (Å²) in [7, 11) is 4.41. The third-order valence-corrected chi connectivity index (χ3v) is 4.10. The van der Waals surface area contributed by atoms with Crippen molar-refractivity contribution < 1.29 is 23.4 Å². The van der Waals surface area contributed by atoms with Crippen molar-refractivity contribution in [2.75, 3.05) is 21.3 Å². The number of hydrogen-bond acceptors (Lipinski definition) is 6. The Labute approximate surface area is 166 Å². The molecule has 0 bridgehead atoms. The minimum absolute atomic E-state index is 0.280. The molecule has 2 N–H and O–H groups in total. The number of H-pyrrole nitrogens is 1. The van der Waals surface area contributed by atoms with E-state index in [1.54, 1.807) is 18.3 Å². The fraction of sp³-hybridized carbons (Fsp3) is 0.150. The van der Waals surface area contributed by atoms with Crippen LogP contribution in [0.1, 0.15) is 15.9 Å². The number of amides is 1. The zero-order chi connectivity index (χ0) is 20.8. The topological polar surface area (TPSA) is 97.8 Å². The Hall–Kier alpha value is -3.88. The number of hydrogen-bond donors (Lipinski definition) is 2. The van der Waals surface area contributed by atoms with Crippen LogP contribution in [0.25, 0.3) is 11.3 Å². The Morgan fingerprint density at radius 2 is 1.76 bits per heavy atom. The molecule has 3 rings (SSSR count). The number of nitrogens with zero attached hydrogens (tertiary/aromatic N) is 2. The van der Waals surface area contributed by atoms with Gasteiger partial charge in [-0.1, -0.05) is 0 Å². The van der Waals surface area contributed by atoms with Crippen LogP contribution in [0.5, 0.6) is 17.2 Å². The fourth-order valence-corrected chi connectivity index (χ4v) is 2.68. The fourth-order valence-electron chi connectivity index (χ4n) is 2.68. The molecule has 0 aliphatic rings. The molecule has 1 heterocycles. The van der Waals surface area contributed by atoms with Crippen molar-refractivity contribution in [2.24, 2.45) is 5.10 Å². The average molecular weight is 398 g/mol. The number of aromatic nitrogens is 2. The Kier molecular flexibility index (Phi) is 6.08. The van der Waals surface area contributed by atoms with Gasteiger partial charge >= 0.3 is 0 Å². The van der Waals surface area contributed by atoms with Crippen molar-refractivity contribution >= 4 is 12.1 Å². The molecule has 0 radical (unpaired) electrons. The van der Waals surface area contributed by atoms with E-state index < -0.39 is 5.91 Å². The van der Waals surface area contributed by atoms with Crippen molar-refractivity contribution in [1.82, 2.24) is 15.6 Å². The zero-order valence-corrected chi connectivity index (χ0v) is 16.0. The lowest BCUT2D eigenvalue weighted by molar-refractivity contribution is 0.0954. The van der Waals surface area contributed by atoms with E-state index in [-0.39, 0.29) is 11.4 Å². The van der Waals surface area contributed by atoms with E-state index in [2.05, 4.69) is 20.7 Å². The van der Waals surface area contributed by atoms with Crippen molar-refractivity contribution in [1.29, 1.82) is 0 Å². The first kappa shape index (κ1) is 19.9. The van der Waals surface area contributed by atoms with Crippen molar-refractivity contribution in [3.63, 3.8) is 0 Å². The smallest absolute Gasteiger partial charge is 0.271 e. The highest BCUT2D eigenvalue weighted by Gasteiger charge is 2.16. The number of carbonyl (C=O) groups excluding carboxylic acids is 1. The van der Waals surface area contributed by atoms with Crippen LogP contribution in [0.15, 0.2) is 47.7 Å². The van der Waals surface area contributed by atoms with Gasteiger partial charge in [0.25, 0.3) is 5.91 Å². The summed E-state index contributed by atoms with van der Waals surface area (Å²) in [5.74, 6) is 0.301. The van der Waals surface area contributed by atoms with E-state index in [9.17, 15) is 9.18 Å². The molecular formula is C20H19FN4O4. The number of nitrogens with one attached hydrogen (secondary N) is 2. The second-order valence-corrected chi connectivity index (χ2v) is 5.82. The van der Waals surface area contributed by atoms with E-state index in [4.69, 9.17) is 14.2 Å². The van der Waals surface area contributed by atoms with Crippen molar-refractivity contribution in [3.05, 3.63) is 59.5 Å². The molecule has 0 saturated carbocycles. The van der Waals surface area contributed by atoms with Crippen LogP contribution < -0.4 is 19.6 Å². The first-order chi connectivity index (χ1) is 14.1. The maximum absolute atomic E-state index is 13.1. The van der Waals surface area contributed by atoms with E-state index >= 15 is 0 Å². The quantitative estimate of drug-likeness (QED) is 0.471. The summed E-state index contributed by atoms with van der Waals surface area (Å²) in [5.41, 5.74) is 4.74. The lowest BCUT2D eigenvalue weighted by atomic mass is 10.1. The molecular weight excluding hydrogens is 379 g/mol. The highest BCUT2D eigenvalue weighted by molar-refractivity contribution is 5.96. The van der Waals surface area contributed by atoms with Gasteiger partial charge in [-0.05, 0) is 36.4 Å².